The Kier molecular flexibility index (Phi) is 3.14. The Morgan fingerprint density at radius 2 is 2.50 bits per heavy atom. The molecule has 1 aliphatic rings. The molecule has 0 fully saturated rings. The number of nitrogens with zero attached hydrogens (tertiary/aromatic N) is 1. The van der Waals surface area contributed by atoms with Crippen LogP contribution < -0.4 is 0 Å². The number of carboxylic acid groups (broad SMARTS) is 1. The lowest BCUT2D eigenvalue weighted by molar-refractivity contribution is 0.148. The van der Waals surface area contributed by atoms with Gasteiger partial charge in [-0.05, 0) is 12.8 Å². The first-order valence-electron chi connectivity index (χ1n) is 4.39. The van der Waals surface area contributed by atoms with E-state index in [1.165, 1.54) is 10.5 Å². The molecule has 12 heavy (non-hydrogen) atoms. The first-order chi connectivity index (χ1) is 5.74. The summed E-state index contributed by atoms with van der Waals surface area (Å²) in [6, 6.07) is 0. The molecule has 68 valence electrons. The van der Waals surface area contributed by atoms with Crippen LogP contribution in [0.4, 0.5) is 4.79 Å². The molecule has 3 heteroatoms. The van der Waals surface area contributed by atoms with Crippen LogP contribution in [0.5, 0.6) is 0 Å². The molecule has 0 aromatic rings. The highest BCUT2D eigenvalue weighted by Crippen LogP contribution is 2.15. The number of amides is 1. The molecule has 0 aromatic carbocycles. The van der Waals surface area contributed by atoms with Crippen molar-refractivity contribution in [2.45, 2.75) is 26.2 Å². The minimum absolute atomic E-state index is 0.574. The van der Waals surface area contributed by atoms with Gasteiger partial charge in [-0.25, -0.2) is 4.79 Å². The molecule has 1 aliphatic heterocycles. The largest absolute Gasteiger partial charge is 0.465 e. The smallest absolute Gasteiger partial charge is 0.407 e. The Morgan fingerprint density at radius 3 is 2.92 bits per heavy atom. The van der Waals surface area contributed by atoms with E-state index in [0.717, 1.165) is 19.3 Å². The molecular formula is C9H15NO2. The molecular weight excluding hydrogens is 154 g/mol. The fourth-order valence-electron chi connectivity index (χ4n) is 1.43. The molecule has 0 atom stereocenters. The normalized spacial score (nSPS) is 17.4. The van der Waals surface area contributed by atoms with Crippen molar-refractivity contribution in [1.82, 2.24) is 4.90 Å². The Labute approximate surface area is 72.7 Å². The van der Waals surface area contributed by atoms with E-state index in [1.807, 2.05) is 6.08 Å². The average molecular weight is 169 g/mol. The highest BCUT2D eigenvalue weighted by Gasteiger charge is 2.14. The van der Waals surface area contributed by atoms with Crippen LogP contribution in [0.3, 0.4) is 0 Å². The van der Waals surface area contributed by atoms with E-state index in [2.05, 4.69) is 6.92 Å². The molecule has 1 rings (SSSR count). The maximum atomic E-state index is 10.5. The zero-order chi connectivity index (χ0) is 8.97. The highest BCUT2D eigenvalue weighted by molar-refractivity contribution is 5.65. The van der Waals surface area contributed by atoms with Gasteiger partial charge in [0, 0.05) is 13.1 Å². The van der Waals surface area contributed by atoms with E-state index in [4.69, 9.17) is 5.11 Å². The van der Waals surface area contributed by atoms with Gasteiger partial charge in [-0.3, -0.25) is 0 Å². The van der Waals surface area contributed by atoms with Gasteiger partial charge in [0.25, 0.3) is 0 Å². The van der Waals surface area contributed by atoms with Crippen LogP contribution in [0.1, 0.15) is 26.2 Å². The van der Waals surface area contributed by atoms with Crippen LogP contribution in [-0.4, -0.2) is 29.2 Å². The third kappa shape index (κ3) is 2.26. The number of carbonyl (C=O) groups is 1. The zero-order valence-electron chi connectivity index (χ0n) is 7.42. The van der Waals surface area contributed by atoms with Gasteiger partial charge in [0.05, 0.1) is 0 Å². The van der Waals surface area contributed by atoms with Gasteiger partial charge in [0.1, 0.15) is 0 Å². The predicted molar refractivity (Wildman–Crippen MR) is 47.2 cm³/mol. The Morgan fingerprint density at radius 1 is 1.75 bits per heavy atom. The lowest BCUT2D eigenvalue weighted by atomic mass is 10.0. The van der Waals surface area contributed by atoms with Crippen LogP contribution in [0.25, 0.3) is 0 Å². The summed E-state index contributed by atoms with van der Waals surface area (Å²) in [5, 5.41) is 8.65. The summed E-state index contributed by atoms with van der Waals surface area (Å²) in [4.78, 5) is 12.0. The fraction of sp³-hybridized carbons (Fsp3) is 0.667. The maximum Gasteiger partial charge on any atom is 0.407 e. The van der Waals surface area contributed by atoms with Crippen molar-refractivity contribution in [2.75, 3.05) is 13.1 Å². The zero-order valence-corrected chi connectivity index (χ0v) is 7.42. The van der Waals surface area contributed by atoms with Crippen LogP contribution in [0.2, 0.25) is 0 Å². The molecule has 0 bridgehead atoms. The minimum Gasteiger partial charge on any atom is -0.465 e. The molecule has 0 aliphatic carbocycles. The molecule has 0 unspecified atom stereocenters. The summed E-state index contributed by atoms with van der Waals surface area (Å²) in [7, 11) is 0. The van der Waals surface area contributed by atoms with Crippen LogP contribution in [0, 0.1) is 0 Å². The second-order valence-electron chi connectivity index (χ2n) is 3.09. The second kappa shape index (κ2) is 4.14. The van der Waals surface area contributed by atoms with Gasteiger partial charge in [-0.15, -0.1) is 0 Å². The van der Waals surface area contributed by atoms with Crippen molar-refractivity contribution in [1.29, 1.82) is 0 Å². The first kappa shape index (κ1) is 9.10. The summed E-state index contributed by atoms with van der Waals surface area (Å²) in [6.45, 7) is 3.39. The quantitative estimate of drug-likeness (QED) is 0.643. The molecule has 1 heterocycles. The van der Waals surface area contributed by atoms with Crippen molar-refractivity contribution in [2.24, 2.45) is 0 Å². The van der Waals surface area contributed by atoms with Crippen molar-refractivity contribution in [3.05, 3.63) is 11.6 Å². The van der Waals surface area contributed by atoms with E-state index < -0.39 is 6.09 Å². The van der Waals surface area contributed by atoms with Gasteiger partial charge in [-0.1, -0.05) is 25.0 Å². The predicted octanol–water partition coefficient (Wildman–Crippen LogP) is 2.10. The van der Waals surface area contributed by atoms with E-state index in [0.29, 0.717) is 13.1 Å². The molecule has 0 spiro atoms. The molecule has 0 saturated carbocycles. The molecule has 1 N–H and O–H groups in total. The van der Waals surface area contributed by atoms with Gasteiger partial charge in [0.15, 0.2) is 0 Å². The van der Waals surface area contributed by atoms with Crippen molar-refractivity contribution in [3.63, 3.8) is 0 Å². The lowest BCUT2D eigenvalue weighted by Gasteiger charge is -2.23. The first-order valence-corrected chi connectivity index (χ1v) is 4.39. The van der Waals surface area contributed by atoms with Crippen LogP contribution in [-0.2, 0) is 0 Å². The van der Waals surface area contributed by atoms with E-state index in [1.54, 1.807) is 0 Å². The third-order valence-electron chi connectivity index (χ3n) is 2.14. The Hall–Kier alpha value is -0.990. The Bertz CT molecular complexity index is 199. The number of hydrogen-bond donors (Lipinski definition) is 1. The maximum absolute atomic E-state index is 10.5. The minimum atomic E-state index is -0.804. The van der Waals surface area contributed by atoms with Crippen molar-refractivity contribution in [3.8, 4) is 0 Å². The summed E-state index contributed by atoms with van der Waals surface area (Å²) in [5.74, 6) is 0. The molecule has 3 nitrogen and oxygen atoms in total. The van der Waals surface area contributed by atoms with Crippen molar-refractivity contribution < 1.29 is 9.90 Å². The molecule has 0 radical (unpaired) electrons. The average Bonchev–Trinajstić information content (AvgIpc) is 2.06. The third-order valence-corrected chi connectivity index (χ3v) is 2.14. The summed E-state index contributed by atoms with van der Waals surface area (Å²) < 4.78 is 0. The van der Waals surface area contributed by atoms with Gasteiger partial charge in [-0.2, -0.15) is 0 Å². The monoisotopic (exact) mass is 169 g/mol. The lowest BCUT2D eigenvalue weighted by Crippen LogP contribution is -2.33. The SMILES string of the molecule is CCCC1=CCN(C(=O)O)CC1. The number of rotatable bonds is 2. The summed E-state index contributed by atoms with van der Waals surface area (Å²) in [5.41, 5.74) is 1.41. The molecule has 1 amide bonds. The topological polar surface area (TPSA) is 40.5 Å². The number of hydrogen-bond acceptors (Lipinski definition) is 1. The fourth-order valence-corrected chi connectivity index (χ4v) is 1.43. The summed E-state index contributed by atoms with van der Waals surface area (Å²) >= 11 is 0. The van der Waals surface area contributed by atoms with E-state index in [9.17, 15) is 4.79 Å². The second-order valence-corrected chi connectivity index (χ2v) is 3.09. The summed E-state index contributed by atoms with van der Waals surface area (Å²) in [6.07, 6.45) is 4.43. The molecule has 0 saturated heterocycles. The standard InChI is InChI=1S/C9H15NO2/c1-2-3-8-4-6-10(7-5-8)9(11)12/h4H,2-3,5-7H2,1H3,(H,11,12). The van der Waals surface area contributed by atoms with Crippen LogP contribution in [0.15, 0.2) is 11.6 Å². The Balaban J connectivity index is 2.42. The molecule has 0 aromatic heterocycles. The van der Waals surface area contributed by atoms with E-state index in [-0.39, 0.29) is 0 Å². The van der Waals surface area contributed by atoms with Gasteiger partial charge in [0.2, 0.25) is 0 Å². The van der Waals surface area contributed by atoms with Crippen molar-refractivity contribution >= 4 is 6.09 Å². The van der Waals surface area contributed by atoms with Gasteiger partial charge >= 0.3 is 6.09 Å². The van der Waals surface area contributed by atoms with Gasteiger partial charge < -0.3 is 10.0 Å². The van der Waals surface area contributed by atoms with Crippen LogP contribution >= 0.6 is 0 Å². The van der Waals surface area contributed by atoms with E-state index >= 15 is 0 Å². The highest BCUT2D eigenvalue weighted by atomic mass is 16.4.